The lowest BCUT2D eigenvalue weighted by molar-refractivity contribution is 1.02. The molecule has 15 heavy (non-hydrogen) atoms. The Kier molecular flexibility index (Phi) is 3.42. The van der Waals surface area contributed by atoms with Crippen molar-refractivity contribution in [3.63, 3.8) is 0 Å². The Morgan fingerprint density at radius 1 is 1.67 bits per heavy atom. The molecule has 78 valence electrons. The molecule has 0 aliphatic rings. The first-order valence-corrected chi connectivity index (χ1v) is 9.07. The summed E-state index contributed by atoms with van der Waals surface area (Å²) in [5.74, 6) is 0. The summed E-state index contributed by atoms with van der Waals surface area (Å²) in [6, 6.07) is 1.99. The number of nitrogens with zero attached hydrogens (tertiary/aromatic N) is 3. The smallest absolute Gasteiger partial charge is 0.107 e. The maximum absolute atomic E-state index is 4.47. The molecule has 2 rings (SSSR count). The average Bonchev–Trinajstić information content (AvgIpc) is 2.55. The fraction of sp³-hybridized carbons (Fsp3) is 0.111. The fourth-order valence-electron chi connectivity index (χ4n) is 1.51. The van der Waals surface area contributed by atoms with Gasteiger partial charge in [0.1, 0.15) is 4.60 Å². The Balaban J connectivity index is 2.91. The van der Waals surface area contributed by atoms with Crippen molar-refractivity contribution in [1.82, 2.24) is 14.5 Å². The second-order valence-electron chi connectivity index (χ2n) is 3.01. The summed E-state index contributed by atoms with van der Waals surface area (Å²) in [7, 11) is 0. The topological polar surface area (TPSA) is 30.7 Å². The number of hydrogen-bond acceptors (Lipinski definition) is 2. The van der Waals surface area contributed by atoms with Crippen molar-refractivity contribution in [2.24, 2.45) is 0 Å². The van der Waals surface area contributed by atoms with Gasteiger partial charge in [0.2, 0.25) is 0 Å². The number of halogens is 2. The Labute approximate surface area is 111 Å². The van der Waals surface area contributed by atoms with Crippen LogP contribution in [0.15, 0.2) is 17.2 Å². The van der Waals surface area contributed by atoms with Gasteiger partial charge in [-0.3, -0.25) is 0 Å². The van der Waals surface area contributed by atoms with Gasteiger partial charge in [-0.15, -0.1) is 0 Å². The van der Waals surface area contributed by atoms with Crippen LogP contribution in [0.1, 0.15) is 11.4 Å². The average molecular weight is 396 g/mol. The lowest BCUT2D eigenvalue weighted by Crippen LogP contribution is -1.89. The van der Waals surface area contributed by atoms with Crippen molar-refractivity contribution in [1.29, 1.82) is 0 Å². The summed E-state index contributed by atoms with van der Waals surface area (Å²) in [4.78, 5) is 4.38. The Bertz CT molecular complexity index is 538. The fourth-order valence-corrected chi connectivity index (χ4v) is 3.57. The number of pyridine rings is 1. The maximum Gasteiger partial charge on any atom is 0.107 e. The Morgan fingerprint density at radius 3 is 3.00 bits per heavy atom. The first kappa shape index (κ1) is 11.5. The first-order chi connectivity index (χ1) is 7.17. The first-order valence-electron chi connectivity index (χ1n) is 4.22. The van der Waals surface area contributed by atoms with E-state index in [2.05, 4.69) is 54.6 Å². The molecule has 1 atom stereocenters. The summed E-state index contributed by atoms with van der Waals surface area (Å²) < 4.78 is 2.81. The molecule has 0 N–H and O–H groups in total. The molecule has 0 aliphatic heterocycles. The molecule has 0 fully saturated rings. The highest BCUT2D eigenvalue weighted by Crippen LogP contribution is 2.33. The highest BCUT2D eigenvalue weighted by molar-refractivity contribution is 14.2. The van der Waals surface area contributed by atoms with E-state index in [9.17, 15) is 0 Å². The SMILES string of the molecule is C=Cc1nn(PI)c2c(C)nc(Br)cc12. The van der Waals surface area contributed by atoms with Crippen molar-refractivity contribution in [2.45, 2.75) is 6.92 Å². The van der Waals surface area contributed by atoms with Gasteiger partial charge in [0.25, 0.3) is 0 Å². The van der Waals surface area contributed by atoms with E-state index in [0.717, 1.165) is 26.9 Å². The van der Waals surface area contributed by atoms with Gasteiger partial charge < -0.3 is 0 Å². The molecule has 3 nitrogen and oxygen atoms in total. The third kappa shape index (κ3) is 1.97. The second kappa shape index (κ2) is 4.47. The van der Waals surface area contributed by atoms with Crippen LogP contribution in [0.4, 0.5) is 0 Å². The third-order valence-electron chi connectivity index (χ3n) is 2.10. The van der Waals surface area contributed by atoms with Gasteiger partial charge in [0.15, 0.2) is 0 Å². The van der Waals surface area contributed by atoms with Gasteiger partial charge in [0.05, 0.1) is 23.3 Å². The largest absolute Gasteiger partial charge is 0.244 e. The van der Waals surface area contributed by atoms with Crippen LogP contribution in [0.2, 0.25) is 0 Å². The second-order valence-corrected chi connectivity index (χ2v) is 5.86. The zero-order valence-corrected chi connectivity index (χ0v) is 12.7. The molecule has 2 heterocycles. The van der Waals surface area contributed by atoms with Crippen molar-refractivity contribution in [3.8, 4) is 0 Å². The number of rotatable bonds is 2. The highest BCUT2D eigenvalue weighted by Gasteiger charge is 2.11. The number of fused-ring (bicyclic) bond motifs is 1. The molecule has 0 spiro atoms. The predicted molar refractivity (Wildman–Crippen MR) is 77.8 cm³/mol. The van der Waals surface area contributed by atoms with E-state index in [1.165, 1.54) is 0 Å². The molecule has 0 radical (unpaired) electrons. The summed E-state index contributed by atoms with van der Waals surface area (Å²) in [5, 5.41) is 5.58. The van der Waals surface area contributed by atoms with Crippen LogP contribution in [0, 0.1) is 6.92 Å². The lowest BCUT2D eigenvalue weighted by Gasteiger charge is -2.00. The molecule has 0 aliphatic carbocycles. The van der Waals surface area contributed by atoms with Gasteiger partial charge in [-0.25, -0.2) is 9.44 Å². The number of aromatic nitrogens is 3. The molecule has 0 saturated heterocycles. The zero-order valence-electron chi connectivity index (χ0n) is 7.96. The van der Waals surface area contributed by atoms with Crippen molar-refractivity contribution in [2.75, 3.05) is 0 Å². The molecule has 2 aromatic rings. The highest BCUT2D eigenvalue weighted by atomic mass is 127. The minimum absolute atomic E-state index is 0.573. The number of aryl methyl sites for hydroxylation is 1. The van der Waals surface area contributed by atoms with Crippen LogP contribution in [-0.2, 0) is 0 Å². The van der Waals surface area contributed by atoms with Crippen LogP contribution in [-0.4, -0.2) is 14.5 Å². The molecule has 0 aromatic carbocycles. The summed E-state index contributed by atoms with van der Waals surface area (Å²) >= 11 is 5.71. The van der Waals surface area contributed by atoms with E-state index < -0.39 is 0 Å². The zero-order chi connectivity index (χ0) is 11.0. The molecule has 0 bridgehead atoms. The predicted octanol–water partition coefficient (Wildman–Crippen LogP) is 3.94. The summed E-state index contributed by atoms with van der Waals surface area (Å²) in [6.07, 6.45) is 2.35. The normalized spacial score (nSPS) is 11.7. The van der Waals surface area contributed by atoms with E-state index in [-0.39, 0.29) is 0 Å². The molecule has 0 saturated carbocycles. The molecular weight excluding hydrogens is 388 g/mol. The van der Waals surface area contributed by atoms with E-state index in [1.54, 1.807) is 6.08 Å². The van der Waals surface area contributed by atoms with Crippen molar-refractivity contribution in [3.05, 3.63) is 28.6 Å². The van der Waals surface area contributed by atoms with E-state index in [0.29, 0.717) is 6.37 Å². The third-order valence-corrected chi connectivity index (χ3v) is 4.37. The molecule has 2 aromatic heterocycles. The van der Waals surface area contributed by atoms with Crippen molar-refractivity contribution < 1.29 is 0 Å². The quantitative estimate of drug-likeness (QED) is 0.438. The van der Waals surface area contributed by atoms with Crippen LogP contribution in [0.5, 0.6) is 0 Å². The van der Waals surface area contributed by atoms with Gasteiger partial charge >= 0.3 is 0 Å². The number of hydrogen-bond donors (Lipinski definition) is 0. The minimum atomic E-state index is 0.573. The van der Waals surface area contributed by atoms with E-state index >= 15 is 0 Å². The van der Waals surface area contributed by atoms with Crippen LogP contribution in [0.25, 0.3) is 17.0 Å². The molecular formula is C9H8BrIN3P. The maximum atomic E-state index is 4.47. The lowest BCUT2D eigenvalue weighted by atomic mass is 10.2. The Morgan fingerprint density at radius 2 is 2.40 bits per heavy atom. The summed E-state index contributed by atoms with van der Waals surface area (Å²) in [5.41, 5.74) is 3.00. The monoisotopic (exact) mass is 395 g/mol. The standard InChI is InChI=1S/C9H8BrIN3P/c1-3-7-6-4-8(10)12-5(2)9(6)14(13-7)15-11/h3-4,15H,1H2,2H3. The molecule has 0 amide bonds. The van der Waals surface area contributed by atoms with Gasteiger partial charge in [-0.1, -0.05) is 6.58 Å². The van der Waals surface area contributed by atoms with Crippen LogP contribution in [0.3, 0.4) is 0 Å². The minimum Gasteiger partial charge on any atom is -0.244 e. The van der Waals surface area contributed by atoms with E-state index in [1.807, 2.05) is 17.4 Å². The van der Waals surface area contributed by atoms with Crippen LogP contribution < -0.4 is 0 Å². The molecule has 1 unspecified atom stereocenters. The van der Waals surface area contributed by atoms with E-state index in [4.69, 9.17) is 0 Å². The van der Waals surface area contributed by atoms with Gasteiger partial charge in [-0.05, 0) is 57.0 Å². The Hall–Kier alpha value is -0.000000000000000111. The van der Waals surface area contributed by atoms with Crippen LogP contribution >= 0.6 is 44.3 Å². The summed E-state index contributed by atoms with van der Waals surface area (Å²) in [6.45, 7) is 5.77. The van der Waals surface area contributed by atoms with Gasteiger partial charge in [-0.2, -0.15) is 5.10 Å². The van der Waals surface area contributed by atoms with Gasteiger partial charge in [0, 0.05) is 5.39 Å². The van der Waals surface area contributed by atoms with Crippen molar-refractivity contribution >= 4 is 61.3 Å². The molecule has 6 heteroatoms.